The number of hydrogen-bond donors (Lipinski definition) is 3. The Hall–Kier alpha value is -4.66. The number of imide groups is 1. The number of hydrogen-bond acceptors (Lipinski definition) is 5. The van der Waals surface area contributed by atoms with E-state index in [1.807, 2.05) is 24.3 Å². The predicted molar refractivity (Wildman–Crippen MR) is 137 cm³/mol. The van der Waals surface area contributed by atoms with Gasteiger partial charge in [0, 0.05) is 16.9 Å². The van der Waals surface area contributed by atoms with Crippen LogP contribution in [0.2, 0.25) is 0 Å². The molecule has 5 rings (SSSR count). The number of methoxy groups -OCH3 is 1. The van der Waals surface area contributed by atoms with Crippen molar-refractivity contribution in [2.24, 2.45) is 0 Å². The lowest BCUT2D eigenvalue weighted by Gasteiger charge is -2.33. The van der Waals surface area contributed by atoms with E-state index < -0.39 is 29.9 Å². The topological polar surface area (TPSA) is 117 Å². The van der Waals surface area contributed by atoms with E-state index in [-0.39, 0.29) is 5.91 Å². The van der Waals surface area contributed by atoms with Crippen molar-refractivity contribution in [1.82, 2.24) is 10.2 Å². The average molecular weight is 499 g/mol. The zero-order valence-electron chi connectivity index (χ0n) is 20.2. The molecule has 37 heavy (non-hydrogen) atoms. The summed E-state index contributed by atoms with van der Waals surface area (Å²) in [5.74, 6) is -0.546. The number of benzene rings is 3. The number of nitrogens with zero attached hydrogens (tertiary/aromatic N) is 1. The summed E-state index contributed by atoms with van der Waals surface area (Å²) in [4.78, 5) is 52.3. The molecule has 0 aromatic heterocycles. The summed E-state index contributed by atoms with van der Waals surface area (Å²) >= 11 is 0. The molecule has 5 amide bonds. The van der Waals surface area contributed by atoms with Gasteiger partial charge in [0.1, 0.15) is 17.8 Å². The van der Waals surface area contributed by atoms with Gasteiger partial charge in [0.2, 0.25) is 5.91 Å². The molecule has 2 aliphatic rings. The first-order valence-electron chi connectivity index (χ1n) is 12.0. The first-order valence-corrected chi connectivity index (χ1v) is 12.0. The molecule has 1 fully saturated rings. The molecule has 1 spiro atoms. The lowest BCUT2D eigenvalue weighted by atomic mass is 9.76. The highest BCUT2D eigenvalue weighted by atomic mass is 16.5. The van der Waals surface area contributed by atoms with E-state index in [0.717, 1.165) is 28.9 Å². The van der Waals surface area contributed by atoms with E-state index in [0.29, 0.717) is 29.1 Å². The maximum atomic E-state index is 13.4. The van der Waals surface area contributed by atoms with Crippen LogP contribution in [-0.2, 0) is 21.5 Å². The Labute approximate surface area is 213 Å². The molecule has 0 bridgehead atoms. The SMILES string of the molecule is COc1ccc(NC(=O)c2ccc(NC(=O)CN3C(=O)NC4(CCCc5ccccc54)C3=O)cc2)cc1. The van der Waals surface area contributed by atoms with Gasteiger partial charge in [0.25, 0.3) is 11.8 Å². The highest BCUT2D eigenvalue weighted by molar-refractivity contribution is 6.11. The summed E-state index contributed by atoms with van der Waals surface area (Å²) in [7, 11) is 1.57. The Bertz CT molecular complexity index is 1370. The van der Waals surface area contributed by atoms with Gasteiger partial charge in [0.05, 0.1) is 7.11 Å². The van der Waals surface area contributed by atoms with Crippen molar-refractivity contribution in [2.75, 3.05) is 24.3 Å². The Morgan fingerprint density at radius 1 is 0.946 bits per heavy atom. The van der Waals surface area contributed by atoms with Crippen molar-refractivity contribution in [2.45, 2.75) is 24.8 Å². The van der Waals surface area contributed by atoms with Gasteiger partial charge in [-0.25, -0.2) is 4.79 Å². The molecule has 0 radical (unpaired) electrons. The number of carbonyl (C=O) groups excluding carboxylic acids is 4. The Balaban J connectivity index is 1.21. The molecule has 1 heterocycles. The first kappa shape index (κ1) is 24.1. The zero-order valence-corrected chi connectivity index (χ0v) is 20.2. The van der Waals surface area contributed by atoms with Crippen molar-refractivity contribution in [3.05, 3.63) is 89.5 Å². The van der Waals surface area contributed by atoms with E-state index in [1.54, 1.807) is 55.6 Å². The predicted octanol–water partition coefficient (Wildman–Crippen LogP) is 3.67. The quantitative estimate of drug-likeness (QED) is 0.449. The standard InChI is InChI=1S/C28H26N4O5/c1-37-22-14-12-21(13-15-22)30-25(34)19-8-10-20(11-9-19)29-24(33)17-32-26(35)28(31-27(32)36)16-4-6-18-5-2-3-7-23(18)28/h2-3,5,7-15H,4,6,16-17H2,1H3,(H,29,33)(H,30,34)(H,31,36). The number of anilines is 2. The van der Waals surface area contributed by atoms with Gasteiger partial charge in [-0.15, -0.1) is 0 Å². The second-order valence-electron chi connectivity index (χ2n) is 9.05. The molecular weight excluding hydrogens is 472 g/mol. The van der Waals surface area contributed by atoms with Crippen molar-refractivity contribution in [3.8, 4) is 5.75 Å². The van der Waals surface area contributed by atoms with Crippen LogP contribution in [0.1, 0.15) is 34.3 Å². The molecule has 188 valence electrons. The van der Waals surface area contributed by atoms with Gasteiger partial charge in [-0.3, -0.25) is 19.3 Å². The van der Waals surface area contributed by atoms with Gasteiger partial charge < -0.3 is 20.7 Å². The van der Waals surface area contributed by atoms with E-state index >= 15 is 0 Å². The smallest absolute Gasteiger partial charge is 0.325 e. The number of nitrogens with one attached hydrogen (secondary N) is 3. The summed E-state index contributed by atoms with van der Waals surface area (Å²) < 4.78 is 5.11. The molecule has 9 nitrogen and oxygen atoms in total. The largest absolute Gasteiger partial charge is 0.497 e. The maximum Gasteiger partial charge on any atom is 0.325 e. The number of fused-ring (bicyclic) bond motifs is 2. The van der Waals surface area contributed by atoms with Crippen molar-refractivity contribution in [3.63, 3.8) is 0 Å². The molecule has 3 N–H and O–H groups in total. The number of amides is 5. The molecule has 9 heteroatoms. The third-order valence-electron chi connectivity index (χ3n) is 6.73. The van der Waals surface area contributed by atoms with Crippen molar-refractivity contribution < 1.29 is 23.9 Å². The molecule has 0 saturated carbocycles. The minimum atomic E-state index is -1.12. The molecule has 1 atom stereocenters. The molecule has 3 aromatic rings. The van der Waals surface area contributed by atoms with E-state index in [4.69, 9.17) is 4.74 Å². The molecule has 1 unspecified atom stereocenters. The van der Waals surface area contributed by atoms with Crippen molar-refractivity contribution >= 4 is 35.1 Å². The molecular formula is C28H26N4O5. The van der Waals surface area contributed by atoms with Crippen LogP contribution >= 0.6 is 0 Å². The molecule has 1 saturated heterocycles. The fourth-order valence-electron chi connectivity index (χ4n) is 4.88. The van der Waals surface area contributed by atoms with Crippen LogP contribution in [0.15, 0.2) is 72.8 Å². The van der Waals surface area contributed by atoms with Crippen LogP contribution in [0.25, 0.3) is 0 Å². The molecule has 1 aliphatic carbocycles. The lowest BCUT2D eigenvalue weighted by Crippen LogP contribution is -2.47. The van der Waals surface area contributed by atoms with E-state index in [2.05, 4.69) is 16.0 Å². The van der Waals surface area contributed by atoms with Crippen LogP contribution < -0.4 is 20.7 Å². The fourth-order valence-corrected chi connectivity index (χ4v) is 4.88. The van der Waals surface area contributed by atoms with Gasteiger partial charge in [0.15, 0.2) is 0 Å². The molecule has 1 aliphatic heterocycles. The van der Waals surface area contributed by atoms with Gasteiger partial charge in [-0.2, -0.15) is 0 Å². The third kappa shape index (κ3) is 4.63. The van der Waals surface area contributed by atoms with Gasteiger partial charge in [-0.05, 0) is 78.9 Å². The highest BCUT2D eigenvalue weighted by Crippen LogP contribution is 2.39. The monoisotopic (exact) mass is 498 g/mol. The summed E-state index contributed by atoms with van der Waals surface area (Å²) in [5, 5.41) is 8.33. The average Bonchev–Trinajstić information content (AvgIpc) is 3.14. The minimum absolute atomic E-state index is 0.305. The van der Waals surface area contributed by atoms with Gasteiger partial charge >= 0.3 is 6.03 Å². The Kier molecular flexibility index (Phi) is 6.35. The fraction of sp³-hybridized carbons (Fsp3) is 0.214. The Morgan fingerprint density at radius 3 is 2.35 bits per heavy atom. The number of rotatable bonds is 6. The summed E-state index contributed by atoms with van der Waals surface area (Å²) in [6.45, 7) is -0.408. The normalized spacial score (nSPS) is 18.2. The lowest BCUT2D eigenvalue weighted by molar-refractivity contribution is -0.134. The van der Waals surface area contributed by atoms with Crippen LogP contribution in [0.4, 0.5) is 16.2 Å². The number of ether oxygens (including phenoxy) is 1. The minimum Gasteiger partial charge on any atom is -0.497 e. The van der Waals surface area contributed by atoms with Crippen LogP contribution in [0.3, 0.4) is 0 Å². The molecule has 3 aromatic carbocycles. The van der Waals surface area contributed by atoms with Crippen molar-refractivity contribution in [1.29, 1.82) is 0 Å². The number of carbonyl (C=O) groups is 4. The number of aryl methyl sites for hydroxylation is 1. The van der Waals surface area contributed by atoms with E-state index in [9.17, 15) is 19.2 Å². The van der Waals surface area contributed by atoms with Crippen LogP contribution in [0.5, 0.6) is 5.75 Å². The number of urea groups is 1. The first-order chi connectivity index (χ1) is 17.9. The second kappa shape index (κ2) is 9.77. The van der Waals surface area contributed by atoms with Crippen LogP contribution in [0, 0.1) is 0 Å². The van der Waals surface area contributed by atoms with E-state index in [1.165, 1.54) is 0 Å². The summed E-state index contributed by atoms with van der Waals surface area (Å²) in [5.41, 5.74) is 2.17. The zero-order chi connectivity index (χ0) is 26.0. The highest BCUT2D eigenvalue weighted by Gasteiger charge is 2.54. The van der Waals surface area contributed by atoms with Crippen LogP contribution in [-0.4, -0.2) is 42.3 Å². The summed E-state index contributed by atoms with van der Waals surface area (Å²) in [6.07, 6.45) is 2.10. The summed E-state index contributed by atoms with van der Waals surface area (Å²) in [6, 6.07) is 20.3. The third-order valence-corrected chi connectivity index (χ3v) is 6.73. The Morgan fingerprint density at radius 2 is 1.62 bits per heavy atom. The van der Waals surface area contributed by atoms with Gasteiger partial charge in [-0.1, -0.05) is 24.3 Å². The second-order valence-corrected chi connectivity index (χ2v) is 9.05. The maximum absolute atomic E-state index is 13.4.